The van der Waals surface area contributed by atoms with Gasteiger partial charge in [-0.25, -0.2) is 0 Å². The largest absolute Gasteiger partial charge is 0.384 e. The number of methoxy groups -OCH3 is 1. The Bertz CT molecular complexity index is 422. The maximum atomic E-state index is 13.0. The third kappa shape index (κ3) is 5.40. The van der Waals surface area contributed by atoms with E-state index < -0.39 is 0 Å². The zero-order valence-electron chi connectivity index (χ0n) is 15.6. The molecule has 1 amide bonds. The number of amides is 1. The summed E-state index contributed by atoms with van der Waals surface area (Å²) >= 11 is 2.00. The summed E-state index contributed by atoms with van der Waals surface area (Å²) in [5.74, 6) is 2.46. The maximum Gasteiger partial charge on any atom is 0.228 e. The van der Waals surface area contributed by atoms with E-state index in [4.69, 9.17) is 9.47 Å². The average molecular weight is 430 g/mol. The second kappa shape index (κ2) is 11.3. The number of morpholine rings is 1. The van der Waals surface area contributed by atoms with E-state index in [1.807, 2.05) is 11.8 Å². The highest BCUT2D eigenvalue weighted by atomic mass is 35.5. The van der Waals surface area contributed by atoms with Gasteiger partial charge in [0.2, 0.25) is 5.91 Å². The molecule has 0 aromatic heterocycles. The SMILES string of the molecule is COCC1(C(=O)NCC2(N3CCOCC3)CCSC2)CCNCC1.Cl.Cl. The molecule has 1 atom stereocenters. The lowest BCUT2D eigenvalue weighted by atomic mass is 9.78. The minimum absolute atomic E-state index is 0. The molecular weight excluding hydrogens is 397 g/mol. The summed E-state index contributed by atoms with van der Waals surface area (Å²) in [5.41, 5.74) is -0.261. The van der Waals surface area contributed by atoms with E-state index >= 15 is 0 Å². The van der Waals surface area contributed by atoms with Crippen LogP contribution in [-0.2, 0) is 14.3 Å². The van der Waals surface area contributed by atoms with Crippen molar-refractivity contribution in [2.75, 3.05) is 71.2 Å². The van der Waals surface area contributed by atoms with Crippen LogP contribution in [0.3, 0.4) is 0 Å². The Morgan fingerprint density at radius 3 is 2.50 bits per heavy atom. The minimum atomic E-state index is -0.363. The number of ether oxygens (including phenoxy) is 2. The summed E-state index contributed by atoms with van der Waals surface area (Å²) in [7, 11) is 1.69. The van der Waals surface area contributed by atoms with Crippen molar-refractivity contribution < 1.29 is 14.3 Å². The van der Waals surface area contributed by atoms with Gasteiger partial charge < -0.3 is 20.1 Å². The Morgan fingerprint density at radius 1 is 1.23 bits per heavy atom. The number of carbonyl (C=O) groups is 1. The van der Waals surface area contributed by atoms with E-state index in [-0.39, 0.29) is 41.7 Å². The van der Waals surface area contributed by atoms with E-state index in [1.165, 1.54) is 5.75 Å². The predicted molar refractivity (Wildman–Crippen MR) is 111 cm³/mol. The molecule has 0 aromatic rings. The number of hydrogen-bond acceptors (Lipinski definition) is 6. The van der Waals surface area contributed by atoms with Crippen LogP contribution >= 0.6 is 36.6 Å². The monoisotopic (exact) mass is 429 g/mol. The molecule has 3 aliphatic heterocycles. The van der Waals surface area contributed by atoms with Crippen molar-refractivity contribution in [1.29, 1.82) is 0 Å². The fourth-order valence-electron chi connectivity index (χ4n) is 4.19. The number of nitrogens with zero attached hydrogens (tertiary/aromatic N) is 1. The number of thioether (sulfide) groups is 1. The van der Waals surface area contributed by atoms with Crippen LogP contribution in [-0.4, -0.2) is 87.5 Å². The molecule has 0 aromatic carbocycles. The molecule has 0 saturated carbocycles. The fraction of sp³-hybridized carbons (Fsp3) is 0.941. The highest BCUT2D eigenvalue weighted by Crippen LogP contribution is 2.35. The molecular formula is C17H33Cl2N3O3S. The van der Waals surface area contributed by atoms with Crippen molar-refractivity contribution in [2.24, 2.45) is 5.41 Å². The van der Waals surface area contributed by atoms with Crippen LogP contribution in [0, 0.1) is 5.41 Å². The van der Waals surface area contributed by atoms with Gasteiger partial charge in [-0.1, -0.05) is 0 Å². The van der Waals surface area contributed by atoms with Gasteiger partial charge >= 0.3 is 0 Å². The lowest BCUT2D eigenvalue weighted by molar-refractivity contribution is -0.137. The number of halogens is 2. The lowest BCUT2D eigenvalue weighted by Crippen LogP contribution is -2.61. The molecule has 154 valence electrons. The first-order chi connectivity index (χ1) is 11.7. The van der Waals surface area contributed by atoms with Crippen LogP contribution < -0.4 is 10.6 Å². The van der Waals surface area contributed by atoms with E-state index in [2.05, 4.69) is 15.5 Å². The van der Waals surface area contributed by atoms with Crippen LogP contribution in [0.25, 0.3) is 0 Å². The molecule has 3 rings (SSSR count). The Hall–Kier alpha value is 0.240. The van der Waals surface area contributed by atoms with Crippen LogP contribution in [0.4, 0.5) is 0 Å². The van der Waals surface area contributed by atoms with Crippen molar-refractivity contribution in [2.45, 2.75) is 24.8 Å². The molecule has 9 heteroatoms. The molecule has 26 heavy (non-hydrogen) atoms. The summed E-state index contributed by atoms with van der Waals surface area (Å²) < 4.78 is 10.9. The molecule has 0 spiro atoms. The smallest absolute Gasteiger partial charge is 0.228 e. The first-order valence-corrected chi connectivity index (χ1v) is 10.2. The maximum absolute atomic E-state index is 13.0. The Balaban J connectivity index is 0.00000169. The lowest BCUT2D eigenvalue weighted by Gasteiger charge is -2.44. The van der Waals surface area contributed by atoms with E-state index in [1.54, 1.807) is 7.11 Å². The second-order valence-electron chi connectivity index (χ2n) is 7.27. The van der Waals surface area contributed by atoms with Gasteiger partial charge in [-0.3, -0.25) is 9.69 Å². The Morgan fingerprint density at radius 2 is 1.92 bits per heavy atom. The normalized spacial score (nSPS) is 28.7. The van der Waals surface area contributed by atoms with Crippen LogP contribution in [0.2, 0.25) is 0 Å². The quantitative estimate of drug-likeness (QED) is 0.660. The Labute approximate surface area is 173 Å². The van der Waals surface area contributed by atoms with E-state index in [0.717, 1.165) is 71.0 Å². The first-order valence-electron chi connectivity index (χ1n) is 9.09. The summed E-state index contributed by atoms with van der Waals surface area (Å²) in [6.45, 7) is 6.60. The first kappa shape index (κ1) is 24.3. The van der Waals surface area contributed by atoms with Crippen LogP contribution in [0.15, 0.2) is 0 Å². The third-order valence-corrected chi connectivity index (χ3v) is 7.04. The van der Waals surface area contributed by atoms with E-state index in [0.29, 0.717) is 6.61 Å². The highest BCUT2D eigenvalue weighted by molar-refractivity contribution is 7.99. The molecule has 0 radical (unpaired) electrons. The number of rotatable bonds is 6. The van der Waals surface area contributed by atoms with Crippen molar-refractivity contribution in [3.63, 3.8) is 0 Å². The summed E-state index contributed by atoms with van der Waals surface area (Å²) in [4.78, 5) is 15.6. The fourth-order valence-corrected chi connectivity index (χ4v) is 5.66. The summed E-state index contributed by atoms with van der Waals surface area (Å²) in [6, 6.07) is 0. The second-order valence-corrected chi connectivity index (χ2v) is 8.38. The van der Waals surface area contributed by atoms with Gasteiger partial charge in [0.25, 0.3) is 0 Å². The topological polar surface area (TPSA) is 62.8 Å². The van der Waals surface area contributed by atoms with Gasteiger partial charge in [-0.2, -0.15) is 11.8 Å². The predicted octanol–water partition coefficient (Wildman–Crippen LogP) is 1.17. The molecule has 0 aliphatic carbocycles. The number of nitrogens with one attached hydrogen (secondary N) is 2. The van der Waals surface area contributed by atoms with Gasteiger partial charge in [0.05, 0.1) is 25.2 Å². The zero-order valence-corrected chi connectivity index (χ0v) is 18.0. The highest BCUT2D eigenvalue weighted by Gasteiger charge is 2.44. The molecule has 1 unspecified atom stereocenters. The van der Waals surface area contributed by atoms with Crippen molar-refractivity contribution in [3.05, 3.63) is 0 Å². The Kier molecular flexibility index (Phi) is 10.5. The van der Waals surface area contributed by atoms with Gasteiger partial charge in [-0.15, -0.1) is 24.8 Å². The van der Waals surface area contributed by atoms with Gasteiger partial charge in [0.15, 0.2) is 0 Å². The standard InChI is InChI=1S/C17H31N3O3S.2ClH/c1-22-13-16(2-5-18-6-3-16)15(21)19-12-17(4-11-24-14-17)20-7-9-23-10-8-20;;/h18H,2-14H2,1H3,(H,19,21);2*1H. The van der Waals surface area contributed by atoms with Gasteiger partial charge in [0.1, 0.15) is 0 Å². The molecule has 6 nitrogen and oxygen atoms in total. The van der Waals surface area contributed by atoms with Crippen LogP contribution in [0.1, 0.15) is 19.3 Å². The summed E-state index contributed by atoms with van der Waals surface area (Å²) in [6.07, 6.45) is 2.86. The molecule has 3 saturated heterocycles. The third-order valence-electron chi connectivity index (χ3n) is 5.81. The van der Waals surface area contributed by atoms with Gasteiger partial charge in [0, 0.05) is 38.0 Å². The number of carbonyl (C=O) groups excluding carboxylic acids is 1. The van der Waals surface area contributed by atoms with Gasteiger partial charge in [-0.05, 0) is 38.1 Å². The van der Waals surface area contributed by atoms with Crippen LogP contribution in [0.5, 0.6) is 0 Å². The number of piperidine rings is 1. The average Bonchev–Trinajstić information content (AvgIpc) is 3.12. The van der Waals surface area contributed by atoms with Crippen molar-refractivity contribution >= 4 is 42.5 Å². The number of hydrogen-bond donors (Lipinski definition) is 2. The molecule has 3 heterocycles. The van der Waals surface area contributed by atoms with E-state index in [9.17, 15) is 4.79 Å². The van der Waals surface area contributed by atoms with Crippen molar-refractivity contribution in [3.8, 4) is 0 Å². The van der Waals surface area contributed by atoms with Crippen molar-refractivity contribution in [1.82, 2.24) is 15.5 Å². The molecule has 2 N–H and O–H groups in total. The molecule has 3 aliphatic rings. The minimum Gasteiger partial charge on any atom is -0.384 e. The zero-order chi connectivity index (χ0) is 16.9. The molecule has 3 fully saturated rings. The summed E-state index contributed by atoms with van der Waals surface area (Å²) in [5, 5.41) is 6.66. The molecule has 0 bridgehead atoms.